The average Bonchev–Trinajstić information content (AvgIpc) is 3.30. The largest absolute Gasteiger partial charge is 0.481 e. The lowest BCUT2D eigenvalue weighted by Gasteiger charge is -2.30. The van der Waals surface area contributed by atoms with Crippen molar-refractivity contribution in [1.29, 1.82) is 0 Å². The Kier molecular flexibility index (Phi) is 20.8. The summed E-state index contributed by atoms with van der Waals surface area (Å²) in [6, 6.07) is 29.0. The number of fused-ring (bicyclic) bond motifs is 2. The van der Waals surface area contributed by atoms with Gasteiger partial charge in [-0.3, -0.25) is 28.8 Å². The SMILES string of the molecule is Cc1ccc(C(=O)c2ccccc2C(=O)O)c(C)c1.NC(CC(=O)O)C(=O)O.O=C(O)C(C(=O)O)C1c2ccccc2Oc2ccccc21.O=C(O)c1c[nH]c(=O)cn1.O=C(O)c1cc(Br)ccc1Cl. The van der Waals surface area contributed by atoms with Gasteiger partial charge in [-0.05, 0) is 55.8 Å². The second-order valence-corrected chi connectivity index (χ2v) is 15.7. The van der Waals surface area contributed by atoms with E-state index in [0.717, 1.165) is 23.5 Å². The second kappa shape index (κ2) is 26.1. The Balaban J connectivity index is 0.000000242. The highest BCUT2D eigenvalue weighted by Crippen LogP contribution is 2.47. The van der Waals surface area contributed by atoms with Crippen LogP contribution in [0, 0.1) is 19.8 Å². The molecule has 1 aliphatic rings. The highest BCUT2D eigenvalue weighted by molar-refractivity contribution is 9.10. The standard InChI is InChI=1S/C16H12O5.C16H14O3.C7H4BrClO2.C5H4N2O3.C4H7NO4/c17-15(18)14(16(19)20)13-9-5-1-3-7-11(9)21-12-8-4-2-6-10(12)13;1-10-7-8-12(11(2)9-10)15(17)13-5-3-4-6-14(13)16(18)19;8-4-1-2-6(9)5(3-4)7(10)11;8-4-2-6-3(1-7-4)5(9)10;5-2(4(8)9)1-3(6)7/h1-8,13-14H,(H,17,18)(H,19,20);3-9H,1-2H3,(H,18,19);1-3H,(H,10,11);1-2H,(H,7,8)(H,9,10);2H,1,5H2,(H,6,7)(H,8,9). The van der Waals surface area contributed by atoms with E-state index < -0.39 is 71.6 Å². The number of halogens is 2. The van der Waals surface area contributed by atoms with E-state index in [-0.39, 0.29) is 33.2 Å². The summed E-state index contributed by atoms with van der Waals surface area (Å²) in [6.07, 6.45) is 1.43. The number of aromatic carboxylic acids is 3. The number of benzene rings is 5. The van der Waals surface area contributed by atoms with E-state index in [1.165, 1.54) is 18.2 Å². The minimum Gasteiger partial charge on any atom is -0.481 e. The maximum Gasteiger partial charge on any atom is 0.356 e. The van der Waals surface area contributed by atoms with Crippen molar-refractivity contribution in [2.24, 2.45) is 11.7 Å². The summed E-state index contributed by atoms with van der Waals surface area (Å²) in [5, 5.41) is 60.9. The summed E-state index contributed by atoms with van der Waals surface area (Å²) in [5.41, 5.74) is 8.24. The van der Waals surface area contributed by atoms with Crippen molar-refractivity contribution >= 4 is 75.1 Å². The molecule has 5 aromatic carbocycles. The normalized spacial score (nSPS) is 11.2. The topological polar surface area (TPSA) is 359 Å². The van der Waals surface area contributed by atoms with E-state index in [0.29, 0.717) is 32.7 Å². The number of nitrogens with one attached hydrogen (secondary N) is 1. The number of para-hydroxylation sites is 2. The van der Waals surface area contributed by atoms with Gasteiger partial charge in [-0.15, -0.1) is 0 Å². The van der Waals surface area contributed by atoms with E-state index >= 15 is 0 Å². The van der Waals surface area contributed by atoms with Crippen molar-refractivity contribution < 1.29 is 78.8 Å². The van der Waals surface area contributed by atoms with Crippen LogP contribution in [-0.4, -0.2) is 99.3 Å². The molecule has 10 N–H and O–H groups in total. The average molecular weight is 1050 g/mol. The van der Waals surface area contributed by atoms with E-state index in [1.54, 1.807) is 78.9 Å². The lowest BCUT2D eigenvalue weighted by Crippen LogP contribution is -2.32. The number of ether oxygens (including phenoxy) is 1. The molecule has 0 bridgehead atoms. The molecule has 0 saturated heterocycles. The molecule has 1 aliphatic heterocycles. The molecule has 0 amide bonds. The number of carbonyl (C=O) groups is 8. The van der Waals surface area contributed by atoms with Gasteiger partial charge in [-0.25, -0.2) is 19.4 Å². The zero-order chi connectivity index (χ0) is 52.4. The van der Waals surface area contributed by atoms with E-state index in [4.69, 9.17) is 47.6 Å². The van der Waals surface area contributed by atoms with Crippen LogP contribution in [0.2, 0.25) is 5.02 Å². The summed E-state index contributed by atoms with van der Waals surface area (Å²) < 4.78 is 6.44. The van der Waals surface area contributed by atoms with E-state index in [1.807, 2.05) is 26.0 Å². The van der Waals surface area contributed by atoms with Gasteiger partial charge in [-0.1, -0.05) is 106 Å². The molecular weight excluding hydrogens is 1010 g/mol. The highest BCUT2D eigenvalue weighted by Gasteiger charge is 2.41. The summed E-state index contributed by atoms with van der Waals surface area (Å²) in [5.74, 6) is -10.1. The minimum atomic E-state index is -1.56. The molecule has 6 aromatic rings. The molecule has 1 aromatic heterocycles. The van der Waals surface area contributed by atoms with Crippen molar-refractivity contribution in [2.45, 2.75) is 32.2 Å². The number of aromatic amines is 1. The van der Waals surface area contributed by atoms with Crippen molar-refractivity contribution in [3.05, 3.63) is 192 Å². The Morgan fingerprint density at radius 2 is 1.20 bits per heavy atom. The van der Waals surface area contributed by atoms with Gasteiger partial charge in [0, 0.05) is 38.8 Å². The van der Waals surface area contributed by atoms with Crippen molar-refractivity contribution in [2.75, 3.05) is 0 Å². The number of rotatable bonds is 11. The van der Waals surface area contributed by atoms with Gasteiger partial charge in [0.25, 0.3) is 5.56 Å². The quantitative estimate of drug-likeness (QED) is 0.0462. The first kappa shape index (κ1) is 55.8. The fraction of sp³-hybridized carbons (Fsp3) is 0.125. The molecule has 1 unspecified atom stereocenters. The van der Waals surface area contributed by atoms with Crippen LogP contribution < -0.4 is 16.0 Å². The Morgan fingerprint density at radius 1 is 0.671 bits per heavy atom. The third kappa shape index (κ3) is 16.1. The van der Waals surface area contributed by atoms with Gasteiger partial charge in [0.15, 0.2) is 17.4 Å². The fourth-order valence-corrected chi connectivity index (χ4v) is 6.73. The molecule has 22 heteroatoms. The first-order chi connectivity index (χ1) is 32.9. The number of ketones is 1. The number of hydrogen-bond donors (Lipinski definition) is 9. The lowest BCUT2D eigenvalue weighted by molar-refractivity contribution is -0.155. The molecule has 0 saturated carbocycles. The van der Waals surface area contributed by atoms with Crippen LogP contribution in [0.1, 0.15) is 81.7 Å². The monoisotopic (exact) mass is 1050 g/mol. The van der Waals surface area contributed by atoms with Crippen LogP contribution in [0.4, 0.5) is 0 Å². The molecule has 7 rings (SSSR count). The summed E-state index contributed by atoms with van der Waals surface area (Å²) in [4.78, 5) is 103. The highest BCUT2D eigenvalue weighted by atomic mass is 79.9. The number of aromatic nitrogens is 2. The number of carbonyl (C=O) groups excluding carboxylic acids is 1. The number of nitrogens with zero attached hydrogens (tertiary/aromatic N) is 1. The first-order valence-corrected chi connectivity index (χ1v) is 21.0. The van der Waals surface area contributed by atoms with Gasteiger partial charge in [-0.2, -0.15) is 0 Å². The number of carboxylic acid groups (broad SMARTS) is 7. The zero-order valence-electron chi connectivity index (χ0n) is 36.5. The van der Waals surface area contributed by atoms with Crippen LogP contribution in [-0.2, 0) is 19.2 Å². The maximum absolute atomic E-state index is 12.4. The Morgan fingerprint density at radius 3 is 1.63 bits per heavy atom. The molecule has 0 radical (unpaired) electrons. The summed E-state index contributed by atoms with van der Waals surface area (Å²) in [6.45, 7) is 3.80. The van der Waals surface area contributed by atoms with Crippen LogP contribution in [0.3, 0.4) is 0 Å². The Hall–Kier alpha value is -8.53. The van der Waals surface area contributed by atoms with E-state index in [9.17, 15) is 53.4 Å². The predicted molar refractivity (Wildman–Crippen MR) is 252 cm³/mol. The molecule has 2 heterocycles. The Labute approximate surface area is 409 Å². The van der Waals surface area contributed by atoms with Gasteiger partial charge in [0.05, 0.1) is 28.8 Å². The van der Waals surface area contributed by atoms with Gasteiger partial charge in [0.2, 0.25) is 0 Å². The number of nitrogens with two attached hydrogens (primary N) is 1. The van der Waals surface area contributed by atoms with Crippen molar-refractivity contribution in [1.82, 2.24) is 9.97 Å². The molecule has 0 spiro atoms. The number of carboxylic acids is 7. The number of aliphatic carboxylic acids is 4. The minimum absolute atomic E-state index is 0.0347. The third-order valence-corrected chi connectivity index (χ3v) is 10.2. The van der Waals surface area contributed by atoms with E-state index in [2.05, 4.69) is 25.9 Å². The second-order valence-electron chi connectivity index (χ2n) is 14.4. The zero-order valence-corrected chi connectivity index (χ0v) is 38.8. The van der Waals surface area contributed by atoms with Crippen LogP contribution >= 0.6 is 27.5 Å². The maximum atomic E-state index is 12.4. The molecule has 364 valence electrons. The van der Waals surface area contributed by atoms with Crippen molar-refractivity contribution in [3.8, 4) is 11.5 Å². The Bertz CT molecular complexity index is 2920. The van der Waals surface area contributed by atoms with Crippen LogP contribution in [0.5, 0.6) is 11.5 Å². The predicted octanol–water partition coefficient (Wildman–Crippen LogP) is 7.08. The number of aryl methyl sites for hydroxylation is 2. The molecule has 0 aliphatic carbocycles. The first-order valence-electron chi connectivity index (χ1n) is 19.9. The van der Waals surface area contributed by atoms with Gasteiger partial charge < -0.3 is 51.2 Å². The summed E-state index contributed by atoms with van der Waals surface area (Å²) in [7, 11) is 0. The molecule has 1 atom stereocenters. The summed E-state index contributed by atoms with van der Waals surface area (Å²) >= 11 is 8.73. The molecule has 20 nitrogen and oxygen atoms in total. The molecule has 70 heavy (non-hydrogen) atoms. The lowest BCUT2D eigenvalue weighted by atomic mass is 9.78. The third-order valence-electron chi connectivity index (χ3n) is 9.38. The number of H-pyrrole nitrogens is 1. The van der Waals surface area contributed by atoms with Gasteiger partial charge in [0.1, 0.15) is 17.5 Å². The smallest absolute Gasteiger partial charge is 0.356 e. The molecule has 0 fully saturated rings. The van der Waals surface area contributed by atoms with Crippen molar-refractivity contribution in [3.63, 3.8) is 0 Å². The fourth-order valence-electron chi connectivity index (χ4n) is 6.17. The number of hydrogen-bond acceptors (Lipinski definition) is 12. The van der Waals surface area contributed by atoms with Crippen LogP contribution in [0.15, 0.2) is 131 Å². The molecular formula is C48H41BrClN3O17. The van der Waals surface area contributed by atoms with Gasteiger partial charge >= 0.3 is 41.8 Å². The van der Waals surface area contributed by atoms with Crippen LogP contribution in [0.25, 0.3) is 0 Å².